The smallest absolute Gasteiger partial charge is 0.294 e. The molecule has 1 aromatic rings. The Balaban J connectivity index is 2.84. The van der Waals surface area contributed by atoms with Crippen molar-refractivity contribution in [3.63, 3.8) is 0 Å². The molecule has 1 aromatic heterocycles. The Kier molecular flexibility index (Phi) is 1.65. The van der Waals surface area contributed by atoms with Crippen LogP contribution in [0.5, 0.6) is 5.19 Å². The average molecular weight is 151 g/mol. The van der Waals surface area contributed by atoms with Crippen LogP contribution in [0.25, 0.3) is 0 Å². The van der Waals surface area contributed by atoms with Crippen molar-refractivity contribution in [1.82, 2.24) is 9.36 Å². The zero-order valence-electron chi connectivity index (χ0n) is 4.09. The maximum atomic E-state index is 5.35. The highest BCUT2D eigenvalue weighted by atomic mass is 35.5. The van der Waals surface area contributed by atoms with Gasteiger partial charge in [0.15, 0.2) is 0 Å². The predicted molar refractivity (Wildman–Crippen MR) is 31.5 cm³/mol. The molecule has 0 saturated heterocycles. The van der Waals surface area contributed by atoms with Crippen molar-refractivity contribution in [3.8, 4) is 5.19 Å². The summed E-state index contributed by atoms with van der Waals surface area (Å²) in [6.07, 6.45) is 0. The lowest BCUT2D eigenvalue weighted by atomic mass is 11.2. The van der Waals surface area contributed by atoms with Gasteiger partial charge < -0.3 is 4.74 Å². The Morgan fingerprint density at radius 1 is 1.75 bits per heavy atom. The predicted octanol–water partition coefficient (Wildman–Crippen LogP) is 1.20. The molecule has 0 spiro atoms. The molecule has 3 nitrogen and oxygen atoms in total. The lowest BCUT2D eigenvalue weighted by molar-refractivity contribution is 0.412. The molecule has 1 rings (SSSR count). The van der Waals surface area contributed by atoms with E-state index in [1.165, 1.54) is 7.11 Å². The van der Waals surface area contributed by atoms with Crippen LogP contribution in [-0.2, 0) is 0 Å². The van der Waals surface area contributed by atoms with E-state index in [2.05, 4.69) is 9.36 Å². The van der Waals surface area contributed by atoms with Crippen LogP contribution in [0, 0.1) is 0 Å². The molecule has 0 aromatic carbocycles. The van der Waals surface area contributed by atoms with Crippen molar-refractivity contribution in [3.05, 3.63) is 5.28 Å². The number of halogens is 1. The molecule has 0 unspecified atom stereocenters. The van der Waals surface area contributed by atoms with Gasteiger partial charge in [0, 0.05) is 11.5 Å². The molecule has 0 amide bonds. The van der Waals surface area contributed by atoms with Gasteiger partial charge in [0.05, 0.1) is 7.11 Å². The fraction of sp³-hybridized carbons (Fsp3) is 0.333. The van der Waals surface area contributed by atoms with Crippen LogP contribution in [0.15, 0.2) is 0 Å². The number of nitrogens with zero attached hydrogens (tertiary/aromatic N) is 2. The number of rotatable bonds is 1. The fourth-order valence-corrected chi connectivity index (χ4v) is 0.902. The lowest BCUT2D eigenvalue weighted by Gasteiger charge is -1.83. The van der Waals surface area contributed by atoms with Gasteiger partial charge in [0.1, 0.15) is 0 Å². The minimum atomic E-state index is 0.242. The van der Waals surface area contributed by atoms with E-state index in [1.54, 1.807) is 0 Å². The highest BCUT2D eigenvalue weighted by molar-refractivity contribution is 7.07. The van der Waals surface area contributed by atoms with Gasteiger partial charge >= 0.3 is 0 Å². The summed E-state index contributed by atoms with van der Waals surface area (Å²) in [5.74, 6) is 0. The van der Waals surface area contributed by atoms with Crippen LogP contribution < -0.4 is 4.74 Å². The summed E-state index contributed by atoms with van der Waals surface area (Å²) in [5.41, 5.74) is 0. The molecule has 44 valence electrons. The van der Waals surface area contributed by atoms with E-state index in [0.29, 0.717) is 5.19 Å². The van der Waals surface area contributed by atoms with Crippen LogP contribution >= 0.6 is 23.1 Å². The van der Waals surface area contributed by atoms with Crippen molar-refractivity contribution in [2.24, 2.45) is 0 Å². The second-order valence-electron chi connectivity index (χ2n) is 1.03. The molecule has 8 heavy (non-hydrogen) atoms. The molecule has 0 saturated carbocycles. The second-order valence-corrected chi connectivity index (χ2v) is 2.09. The first kappa shape index (κ1) is 5.78. The van der Waals surface area contributed by atoms with E-state index >= 15 is 0 Å². The van der Waals surface area contributed by atoms with E-state index in [4.69, 9.17) is 16.3 Å². The number of methoxy groups -OCH3 is 1. The standard InChI is InChI=1S/C3H3ClN2OS/c1-7-3-5-2(4)6-8-3/h1H3. The summed E-state index contributed by atoms with van der Waals surface area (Å²) >= 11 is 6.48. The first-order chi connectivity index (χ1) is 3.83. The Morgan fingerprint density at radius 3 is 2.75 bits per heavy atom. The molecule has 0 fully saturated rings. The second kappa shape index (κ2) is 2.28. The molecule has 1 heterocycles. The summed E-state index contributed by atoms with van der Waals surface area (Å²) in [5, 5.41) is 0.738. The van der Waals surface area contributed by atoms with Crippen LogP contribution in [-0.4, -0.2) is 16.5 Å². The molecule has 0 bridgehead atoms. The van der Waals surface area contributed by atoms with Crippen molar-refractivity contribution >= 4 is 23.1 Å². The summed E-state index contributed by atoms with van der Waals surface area (Å²) < 4.78 is 8.35. The van der Waals surface area contributed by atoms with Gasteiger partial charge in [0.2, 0.25) is 5.28 Å². The molecule has 0 aliphatic rings. The van der Waals surface area contributed by atoms with E-state index in [0.717, 1.165) is 11.5 Å². The van der Waals surface area contributed by atoms with Crippen molar-refractivity contribution in [1.29, 1.82) is 0 Å². The summed E-state index contributed by atoms with van der Waals surface area (Å²) in [6, 6.07) is 0. The Labute approximate surface area is 55.4 Å². The van der Waals surface area contributed by atoms with Crippen LogP contribution in [0.3, 0.4) is 0 Å². The SMILES string of the molecule is COc1nc(Cl)ns1. The molecule has 5 heteroatoms. The van der Waals surface area contributed by atoms with E-state index in [9.17, 15) is 0 Å². The number of ether oxygens (including phenoxy) is 1. The van der Waals surface area contributed by atoms with Crippen LogP contribution in [0.4, 0.5) is 0 Å². The Hall–Kier alpha value is -0.350. The third kappa shape index (κ3) is 1.08. The molecular weight excluding hydrogens is 148 g/mol. The van der Waals surface area contributed by atoms with Crippen LogP contribution in [0.2, 0.25) is 5.28 Å². The summed E-state index contributed by atoms with van der Waals surface area (Å²) in [7, 11) is 1.52. The van der Waals surface area contributed by atoms with Gasteiger partial charge in [-0.2, -0.15) is 9.36 Å². The topological polar surface area (TPSA) is 35.0 Å². The van der Waals surface area contributed by atoms with Gasteiger partial charge in [-0.1, -0.05) is 0 Å². The number of hydrogen-bond acceptors (Lipinski definition) is 4. The number of hydrogen-bond donors (Lipinski definition) is 0. The van der Waals surface area contributed by atoms with Gasteiger partial charge in [0.25, 0.3) is 5.19 Å². The molecular formula is C3H3ClN2OS. The fourth-order valence-electron chi connectivity index (χ4n) is 0.276. The molecule has 0 N–H and O–H groups in total. The Bertz CT molecular complexity index is 178. The minimum Gasteiger partial charge on any atom is -0.472 e. The zero-order chi connectivity index (χ0) is 5.98. The highest BCUT2D eigenvalue weighted by Crippen LogP contribution is 2.15. The molecule has 0 radical (unpaired) electrons. The first-order valence-corrected chi connectivity index (χ1v) is 3.01. The van der Waals surface area contributed by atoms with Crippen molar-refractivity contribution in [2.75, 3.05) is 7.11 Å². The lowest BCUT2D eigenvalue weighted by Crippen LogP contribution is -1.77. The maximum Gasteiger partial charge on any atom is 0.294 e. The van der Waals surface area contributed by atoms with Gasteiger partial charge in [-0.25, -0.2) is 0 Å². The average Bonchev–Trinajstić information content (AvgIpc) is 2.14. The van der Waals surface area contributed by atoms with Crippen LogP contribution in [0.1, 0.15) is 0 Å². The normalized spacial score (nSPS) is 9.25. The van der Waals surface area contributed by atoms with E-state index in [1.807, 2.05) is 0 Å². The first-order valence-electron chi connectivity index (χ1n) is 1.86. The van der Waals surface area contributed by atoms with Crippen molar-refractivity contribution in [2.45, 2.75) is 0 Å². The third-order valence-electron chi connectivity index (χ3n) is 0.557. The minimum absolute atomic E-state index is 0.242. The van der Waals surface area contributed by atoms with Crippen molar-refractivity contribution < 1.29 is 4.74 Å². The largest absolute Gasteiger partial charge is 0.472 e. The Morgan fingerprint density at radius 2 is 2.50 bits per heavy atom. The molecule has 0 aliphatic carbocycles. The maximum absolute atomic E-state index is 5.35. The quantitative estimate of drug-likeness (QED) is 0.604. The molecule has 0 atom stereocenters. The molecule has 0 aliphatic heterocycles. The van der Waals surface area contributed by atoms with E-state index in [-0.39, 0.29) is 5.28 Å². The summed E-state index contributed by atoms with van der Waals surface area (Å²) in [4.78, 5) is 3.68. The zero-order valence-corrected chi connectivity index (χ0v) is 5.66. The summed E-state index contributed by atoms with van der Waals surface area (Å²) in [6.45, 7) is 0. The van der Waals surface area contributed by atoms with Gasteiger partial charge in [-0.05, 0) is 11.6 Å². The van der Waals surface area contributed by atoms with Gasteiger partial charge in [-0.15, -0.1) is 0 Å². The highest BCUT2D eigenvalue weighted by Gasteiger charge is 1.96. The third-order valence-corrected chi connectivity index (χ3v) is 1.50. The van der Waals surface area contributed by atoms with E-state index < -0.39 is 0 Å². The van der Waals surface area contributed by atoms with Gasteiger partial charge in [-0.3, -0.25) is 0 Å². The number of aromatic nitrogens is 2. The monoisotopic (exact) mass is 150 g/mol.